The van der Waals surface area contributed by atoms with Crippen molar-refractivity contribution in [2.45, 2.75) is 45.1 Å². The van der Waals surface area contributed by atoms with Gasteiger partial charge < -0.3 is 10.6 Å². The number of benzene rings is 1. The first-order valence-electron chi connectivity index (χ1n) is 6.94. The Kier molecular flexibility index (Phi) is 4.24. The van der Waals surface area contributed by atoms with Crippen molar-refractivity contribution in [2.24, 2.45) is 0 Å². The van der Waals surface area contributed by atoms with E-state index < -0.39 is 4.92 Å². The second kappa shape index (κ2) is 5.91. The van der Waals surface area contributed by atoms with Crippen LogP contribution in [-0.4, -0.2) is 17.5 Å². The second-order valence-electron chi connectivity index (χ2n) is 5.08. The van der Waals surface area contributed by atoms with E-state index in [9.17, 15) is 10.1 Å². The van der Waals surface area contributed by atoms with E-state index >= 15 is 0 Å². The zero-order valence-electron chi connectivity index (χ0n) is 11.3. The molecule has 1 saturated carbocycles. The number of anilines is 2. The summed E-state index contributed by atoms with van der Waals surface area (Å²) in [6, 6.07) is 5.30. The van der Waals surface area contributed by atoms with Crippen molar-refractivity contribution < 1.29 is 4.92 Å². The van der Waals surface area contributed by atoms with Crippen molar-refractivity contribution >= 4 is 17.1 Å². The van der Waals surface area contributed by atoms with Gasteiger partial charge in [-0.25, -0.2) is 0 Å². The maximum absolute atomic E-state index is 10.7. The summed E-state index contributed by atoms with van der Waals surface area (Å²) in [5.41, 5.74) is 7.48. The van der Waals surface area contributed by atoms with Gasteiger partial charge in [0.15, 0.2) is 0 Å². The van der Waals surface area contributed by atoms with E-state index in [1.54, 1.807) is 6.07 Å². The van der Waals surface area contributed by atoms with Crippen LogP contribution >= 0.6 is 0 Å². The van der Waals surface area contributed by atoms with E-state index in [2.05, 4.69) is 11.8 Å². The topological polar surface area (TPSA) is 72.4 Å². The average molecular weight is 263 g/mol. The SMILES string of the molecule is CCN(c1ccc([N+](=O)[O-])cc1N)C1CCCCC1. The first-order valence-corrected chi connectivity index (χ1v) is 6.94. The molecule has 5 heteroatoms. The molecule has 1 aromatic rings. The van der Waals surface area contributed by atoms with Crippen LogP contribution in [0.5, 0.6) is 0 Å². The molecule has 2 N–H and O–H groups in total. The highest BCUT2D eigenvalue weighted by molar-refractivity contribution is 5.71. The van der Waals surface area contributed by atoms with Crippen molar-refractivity contribution in [3.8, 4) is 0 Å². The quantitative estimate of drug-likeness (QED) is 0.513. The highest BCUT2D eigenvalue weighted by Gasteiger charge is 2.22. The number of non-ortho nitro benzene ring substituents is 1. The number of nitrogens with zero attached hydrogens (tertiary/aromatic N) is 2. The molecule has 2 rings (SSSR count). The maximum atomic E-state index is 10.7. The Hall–Kier alpha value is -1.78. The van der Waals surface area contributed by atoms with Crippen molar-refractivity contribution in [1.82, 2.24) is 0 Å². The number of hydrogen-bond donors (Lipinski definition) is 1. The van der Waals surface area contributed by atoms with Crippen LogP contribution in [0.4, 0.5) is 17.1 Å². The number of hydrogen-bond acceptors (Lipinski definition) is 4. The van der Waals surface area contributed by atoms with Crippen molar-refractivity contribution in [1.29, 1.82) is 0 Å². The normalized spacial score (nSPS) is 16.3. The summed E-state index contributed by atoms with van der Waals surface area (Å²) in [6.07, 6.45) is 6.19. The molecule has 1 fully saturated rings. The lowest BCUT2D eigenvalue weighted by Crippen LogP contribution is -2.37. The van der Waals surface area contributed by atoms with Gasteiger partial charge >= 0.3 is 0 Å². The molecule has 0 amide bonds. The number of nitrogens with two attached hydrogens (primary N) is 1. The fourth-order valence-electron chi connectivity index (χ4n) is 2.93. The molecule has 1 aliphatic carbocycles. The maximum Gasteiger partial charge on any atom is 0.271 e. The Labute approximate surface area is 113 Å². The van der Waals surface area contributed by atoms with Crippen LogP contribution in [0.3, 0.4) is 0 Å². The van der Waals surface area contributed by atoms with Gasteiger partial charge in [-0.2, -0.15) is 0 Å². The third-order valence-electron chi connectivity index (χ3n) is 3.89. The minimum Gasteiger partial charge on any atom is -0.397 e. The molecule has 0 saturated heterocycles. The van der Waals surface area contributed by atoms with Gasteiger partial charge in [-0.1, -0.05) is 19.3 Å². The van der Waals surface area contributed by atoms with Crippen LogP contribution < -0.4 is 10.6 Å². The smallest absolute Gasteiger partial charge is 0.271 e. The predicted molar refractivity (Wildman–Crippen MR) is 77.4 cm³/mol. The van der Waals surface area contributed by atoms with Crippen molar-refractivity contribution in [3.05, 3.63) is 28.3 Å². The summed E-state index contributed by atoms with van der Waals surface area (Å²) < 4.78 is 0. The standard InChI is InChI=1S/C14H21N3O2/c1-2-16(11-6-4-3-5-7-11)14-9-8-12(17(18)19)10-13(14)15/h8-11H,2-7,15H2,1H3. The third-order valence-corrected chi connectivity index (χ3v) is 3.89. The molecule has 0 atom stereocenters. The Morgan fingerprint density at radius 3 is 2.58 bits per heavy atom. The first kappa shape index (κ1) is 13.6. The molecule has 19 heavy (non-hydrogen) atoms. The molecule has 1 aromatic carbocycles. The Morgan fingerprint density at radius 2 is 2.05 bits per heavy atom. The lowest BCUT2D eigenvalue weighted by Gasteiger charge is -2.36. The van der Waals surface area contributed by atoms with Gasteiger partial charge in [-0.3, -0.25) is 10.1 Å². The molecule has 0 bridgehead atoms. The second-order valence-corrected chi connectivity index (χ2v) is 5.08. The molecule has 0 radical (unpaired) electrons. The van der Waals surface area contributed by atoms with Crippen LogP contribution in [0, 0.1) is 10.1 Å². The molecule has 0 heterocycles. The predicted octanol–water partition coefficient (Wildman–Crippen LogP) is 3.34. The zero-order chi connectivity index (χ0) is 13.8. The molecule has 5 nitrogen and oxygen atoms in total. The van der Waals surface area contributed by atoms with E-state index in [-0.39, 0.29) is 5.69 Å². The van der Waals surface area contributed by atoms with E-state index in [1.165, 1.54) is 44.2 Å². The van der Waals surface area contributed by atoms with E-state index in [0.717, 1.165) is 12.2 Å². The van der Waals surface area contributed by atoms with Crippen molar-refractivity contribution in [2.75, 3.05) is 17.2 Å². The average Bonchev–Trinajstić information content (AvgIpc) is 2.42. The highest BCUT2D eigenvalue weighted by Crippen LogP contribution is 2.32. The fourth-order valence-corrected chi connectivity index (χ4v) is 2.93. The summed E-state index contributed by atoms with van der Waals surface area (Å²) in [5, 5.41) is 10.7. The molecule has 0 aliphatic heterocycles. The number of nitrogen functional groups attached to an aromatic ring is 1. The van der Waals surface area contributed by atoms with Crippen LogP contribution in [-0.2, 0) is 0 Å². The highest BCUT2D eigenvalue weighted by atomic mass is 16.6. The molecule has 104 valence electrons. The Balaban J connectivity index is 2.24. The zero-order valence-corrected chi connectivity index (χ0v) is 11.3. The molecular formula is C14H21N3O2. The molecule has 0 aromatic heterocycles. The van der Waals surface area contributed by atoms with E-state index in [4.69, 9.17) is 5.73 Å². The first-order chi connectivity index (χ1) is 9.13. The monoisotopic (exact) mass is 263 g/mol. The lowest BCUT2D eigenvalue weighted by atomic mass is 9.93. The summed E-state index contributed by atoms with van der Waals surface area (Å²) >= 11 is 0. The van der Waals surface area contributed by atoms with Crippen molar-refractivity contribution in [3.63, 3.8) is 0 Å². The van der Waals surface area contributed by atoms with Gasteiger partial charge in [-0.05, 0) is 25.8 Å². The minimum absolute atomic E-state index is 0.0564. The van der Waals surface area contributed by atoms with E-state index in [1.807, 2.05) is 0 Å². The summed E-state index contributed by atoms with van der Waals surface area (Å²) in [4.78, 5) is 12.6. The lowest BCUT2D eigenvalue weighted by molar-refractivity contribution is -0.384. The van der Waals surface area contributed by atoms with Crippen LogP contribution in [0.1, 0.15) is 39.0 Å². The molecule has 0 unspecified atom stereocenters. The third kappa shape index (κ3) is 2.97. The van der Waals surface area contributed by atoms with Gasteiger partial charge in [0.05, 0.1) is 16.3 Å². The van der Waals surface area contributed by atoms with Gasteiger partial charge in [0.1, 0.15) is 0 Å². The van der Waals surface area contributed by atoms with Gasteiger partial charge in [0.2, 0.25) is 0 Å². The Morgan fingerprint density at radius 1 is 1.37 bits per heavy atom. The summed E-state index contributed by atoms with van der Waals surface area (Å²) in [7, 11) is 0. The summed E-state index contributed by atoms with van der Waals surface area (Å²) in [6.45, 7) is 2.99. The van der Waals surface area contributed by atoms with Gasteiger partial charge in [0, 0.05) is 24.7 Å². The largest absolute Gasteiger partial charge is 0.397 e. The fraction of sp³-hybridized carbons (Fsp3) is 0.571. The van der Waals surface area contributed by atoms with Gasteiger partial charge in [0.25, 0.3) is 5.69 Å². The summed E-state index contributed by atoms with van der Waals surface area (Å²) in [5.74, 6) is 0. The number of nitro groups is 1. The number of rotatable bonds is 4. The minimum atomic E-state index is -0.406. The van der Waals surface area contributed by atoms with Crippen LogP contribution in [0.25, 0.3) is 0 Å². The van der Waals surface area contributed by atoms with Crippen LogP contribution in [0.2, 0.25) is 0 Å². The number of nitro benzene ring substituents is 1. The molecule has 1 aliphatic rings. The molecular weight excluding hydrogens is 242 g/mol. The molecule has 0 spiro atoms. The van der Waals surface area contributed by atoms with E-state index in [0.29, 0.717) is 11.7 Å². The Bertz CT molecular complexity index is 456. The van der Waals surface area contributed by atoms with Crippen LogP contribution in [0.15, 0.2) is 18.2 Å². The van der Waals surface area contributed by atoms with Gasteiger partial charge in [-0.15, -0.1) is 0 Å².